The number of aliphatic imine (C=N–C) groups is 1. The topological polar surface area (TPSA) is 132 Å². The van der Waals surface area contributed by atoms with E-state index < -0.39 is 5.60 Å². The standard InChI is InChI=1S/C15H30N6O2/c1-14(2,3)23-13(22)19-10-15(4)5-7-21(8-6-15)12(18)20-11(17)9-16/h9H,5-8,10,16-17H2,1-4H3,(H2,18,20)(H,19,22)/b11-9-. The van der Waals surface area contributed by atoms with Crippen LogP contribution in [0.2, 0.25) is 0 Å². The molecule has 8 heteroatoms. The van der Waals surface area contributed by atoms with Crippen LogP contribution in [-0.2, 0) is 4.74 Å². The van der Waals surface area contributed by atoms with Crippen molar-refractivity contribution in [3.8, 4) is 0 Å². The van der Waals surface area contributed by atoms with Crippen LogP contribution in [0.15, 0.2) is 17.0 Å². The van der Waals surface area contributed by atoms with Gasteiger partial charge in [-0.1, -0.05) is 6.92 Å². The van der Waals surface area contributed by atoms with Gasteiger partial charge in [0.25, 0.3) is 0 Å². The van der Waals surface area contributed by atoms with Gasteiger partial charge in [-0.2, -0.15) is 4.99 Å². The van der Waals surface area contributed by atoms with E-state index >= 15 is 0 Å². The highest BCUT2D eigenvalue weighted by atomic mass is 16.6. The van der Waals surface area contributed by atoms with Crippen molar-refractivity contribution in [2.75, 3.05) is 19.6 Å². The van der Waals surface area contributed by atoms with Crippen LogP contribution in [0.1, 0.15) is 40.5 Å². The maximum atomic E-state index is 11.8. The fourth-order valence-electron chi connectivity index (χ4n) is 2.29. The van der Waals surface area contributed by atoms with Crippen LogP contribution in [-0.4, -0.2) is 42.2 Å². The molecule has 0 spiro atoms. The Morgan fingerprint density at radius 1 is 1.35 bits per heavy atom. The number of carbonyl (C=O) groups excluding carboxylic acids is 1. The molecule has 1 aliphatic rings. The van der Waals surface area contributed by atoms with Gasteiger partial charge in [0, 0.05) is 25.8 Å². The van der Waals surface area contributed by atoms with E-state index in [9.17, 15) is 4.79 Å². The summed E-state index contributed by atoms with van der Waals surface area (Å²) in [6.45, 7) is 9.74. The zero-order valence-corrected chi connectivity index (χ0v) is 14.6. The molecule has 1 amide bonds. The summed E-state index contributed by atoms with van der Waals surface area (Å²) in [4.78, 5) is 17.7. The summed E-state index contributed by atoms with van der Waals surface area (Å²) in [6, 6.07) is 0. The summed E-state index contributed by atoms with van der Waals surface area (Å²) in [7, 11) is 0. The van der Waals surface area contributed by atoms with Crippen LogP contribution >= 0.6 is 0 Å². The van der Waals surface area contributed by atoms with Crippen molar-refractivity contribution in [1.82, 2.24) is 10.2 Å². The van der Waals surface area contributed by atoms with E-state index in [1.165, 1.54) is 6.20 Å². The molecule has 1 heterocycles. The molecule has 0 aromatic heterocycles. The van der Waals surface area contributed by atoms with Crippen molar-refractivity contribution in [2.45, 2.75) is 46.1 Å². The van der Waals surface area contributed by atoms with Crippen molar-refractivity contribution >= 4 is 12.1 Å². The third-order valence-corrected chi connectivity index (χ3v) is 3.77. The summed E-state index contributed by atoms with van der Waals surface area (Å²) in [5.41, 5.74) is 16.3. The number of guanidine groups is 1. The molecule has 0 aromatic rings. The van der Waals surface area contributed by atoms with Gasteiger partial charge < -0.3 is 32.2 Å². The van der Waals surface area contributed by atoms with Crippen molar-refractivity contribution < 1.29 is 9.53 Å². The zero-order valence-electron chi connectivity index (χ0n) is 14.6. The number of alkyl carbamates (subject to hydrolysis) is 1. The molecule has 0 unspecified atom stereocenters. The first-order valence-electron chi connectivity index (χ1n) is 7.78. The smallest absolute Gasteiger partial charge is 0.407 e. The largest absolute Gasteiger partial charge is 0.444 e. The first kappa shape index (κ1) is 18.9. The van der Waals surface area contributed by atoms with Crippen molar-refractivity contribution in [3.05, 3.63) is 12.0 Å². The highest BCUT2D eigenvalue weighted by Crippen LogP contribution is 2.30. The van der Waals surface area contributed by atoms with Crippen LogP contribution in [0.5, 0.6) is 0 Å². The third-order valence-electron chi connectivity index (χ3n) is 3.77. The molecule has 7 N–H and O–H groups in total. The lowest BCUT2D eigenvalue weighted by molar-refractivity contribution is 0.0483. The van der Waals surface area contributed by atoms with Gasteiger partial charge in [-0.15, -0.1) is 0 Å². The van der Waals surface area contributed by atoms with Crippen molar-refractivity contribution in [1.29, 1.82) is 0 Å². The van der Waals surface area contributed by atoms with Gasteiger partial charge in [-0.3, -0.25) is 0 Å². The molecule has 23 heavy (non-hydrogen) atoms. The Morgan fingerprint density at radius 3 is 2.39 bits per heavy atom. The van der Waals surface area contributed by atoms with Gasteiger partial charge in [0.2, 0.25) is 0 Å². The van der Waals surface area contributed by atoms with E-state index in [0.29, 0.717) is 12.5 Å². The molecule has 8 nitrogen and oxygen atoms in total. The number of piperidine rings is 1. The Hall–Kier alpha value is -2.12. The lowest BCUT2D eigenvalue weighted by Crippen LogP contribution is -2.49. The lowest BCUT2D eigenvalue weighted by atomic mass is 9.80. The number of amides is 1. The van der Waals surface area contributed by atoms with Gasteiger partial charge in [0.05, 0.1) is 0 Å². The fourth-order valence-corrected chi connectivity index (χ4v) is 2.29. The minimum absolute atomic E-state index is 0.00291. The Labute approximate surface area is 138 Å². The summed E-state index contributed by atoms with van der Waals surface area (Å²) >= 11 is 0. The minimum atomic E-state index is -0.490. The number of likely N-dealkylation sites (tertiary alicyclic amines) is 1. The second kappa shape index (κ2) is 7.43. The Bertz CT molecular complexity index is 473. The summed E-state index contributed by atoms with van der Waals surface area (Å²) in [6.07, 6.45) is 2.59. The molecule has 1 aliphatic heterocycles. The first-order chi connectivity index (χ1) is 10.5. The molecular weight excluding hydrogens is 296 g/mol. The predicted octanol–water partition coefficient (Wildman–Crippen LogP) is 0.644. The second-order valence-electron chi connectivity index (χ2n) is 7.21. The number of hydrogen-bond acceptors (Lipinski definition) is 5. The zero-order chi connectivity index (χ0) is 17.7. The molecule has 1 fully saturated rings. The first-order valence-corrected chi connectivity index (χ1v) is 7.78. The molecule has 0 radical (unpaired) electrons. The fraction of sp³-hybridized carbons (Fsp3) is 0.733. The summed E-state index contributed by atoms with van der Waals surface area (Å²) < 4.78 is 5.26. The highest BCUT2D eigenvalue weighted by Gasteiger charge is 2.31. The molecule has 132 valence electrons. The highest BCUT2D eigenvalue weighted by molar-refractivity contribution is 5.79. The normalized spacial score (nSPS) is 19.4. The van der Waals surface area contributed by atoms with Crippen LogP contribution in [0.3, 0.4) is 0 Å². The SMILES string of the molecule is CC1(CNC(=O)OC(C)(C)C)CCN(/C(N)=N/C(N)=C\N)CC1. The van der Waals surface area contributed by atoms with Gasteiger partial charge in [0.1, 0.15) is 11.4 Å². The Morgan fingerprint density at radius 2 is 1.91 bits per heavy atom. The Balaban J connectivity index is 2.48. The Kier molecular flexibility index (Phi) is 6.12. The number of nitrogens with two attached hydrogens (primary N) is 3. The van der Waals surface area contributed by atoms with Crippen LogP contribution in [0, 0.1) is 5.41 Å². The molecule has 0 atom stereocenters. The minimum Gasteiger partial charge on any atom is -0.444 e. The van der Waals surface area contributed by atoms with Crippen LogP contribution in [0.4, 0.5) is 4.79 Å². The quantitative estimate of drug-likeness (QED) is 0.444. The number of hydrogen-bond donors (Lipinski definition) is 4. The molecular formula is C15H30N6O2. The maximum absolute atomic E-state index is 11.8. The summed E-state index contributed by atoms with van der Waals surface area (Å²) in [5, 5.41) is 2.85. The summed E-state index contributed by atoms with van der Waals surface area (Å²) in [5.74, 6) is 0.564. The van der Waals surface area contributed by atoms with Gasteiger partial charge >= 0.3 is 6.09 Å². The van der Waals surface area contributed by atoms with Crippen molar-refractivity contribution in [3.63, 3.8) is 0 Å². The number of rotatable bonds is 3. The van der Waals surface area contributed by atoms with Crippen molar-refractivity contribution in [2.24, 2.45) is 27.6 Å². The number of nitrogens with one attached hydrogen (secondary N) is 1. The molecule has 0 aliphatic carbocycles. The van der Waals surface area contributed by atoms with E-state index in [1.54, 1.807) is 0 Å². The molecule has 1 rings (SSSR count). The number of ether oxygens (including phenoxy) is 1. The average Bonchev–Trinajstić information content (AvgIpc) is 2.44. The van der Waals surface area contributed by atoms with Gasteiger partial charge in [-0.05, 0) is 39.0 Å². The van der Waals surface area contributed by atoms with Crippen LogP contribution in [0.25, 0.3) is 0 Å². The van der Waals surface area contributed by atoms with Gasteiger partial charge in [0.15, 0.2) is 5.96 Å². The molecule has 0 aromatic carbocycles. The van der Waals surface area contributed by atoms with Crippen LogP contribution < -0.4 is 22.5 Å². The number of carbonyl (C=O) groups is 1. The lowest BCUT2D eigenvalue weighted by Gasteiger charge is -2.40. The average molecular weight is 326 g/mol. The van der Waals surface area contributed by atoms with E-state index in [4.69, 9.17) is 21.9 Å². The van der Waals surface area contributed by atoms with Gasteiger partial charge in [-0.25, -0.2) is 4.79 Å². The molecule has 0 bridgehead atoms. The second-order valence-corrected chi connectivity index (χ2v) is 7.21. The van der Waals surface area contributed by atoms with E-state index in [0.717, 1.165) is 25.9 Å². The monoisotopic (exact) mass is 326 g/mol. The molecule has 1 saturated heterocycles. The maximum Gasteiger partial charge on any atom is 0.407 e. The molecule has 0 saturated carbocycles. The number of nitrogens with zero attached hydrogens (tertiary/aromatic N) is 2. The van der Waals surface area contributed by atoms with E-state index in [2.05, 4.69) is 17.2 Å². The predicted molar refractivity (Wildman–Crippen MR) is 91.2 cm³/mol. The van der Waals surface area contributed by atoms with E-state index in [1.807, 2.05) is 25.7 Å². The third kappa shape index (κ3) is 6.66. The van der Waals surface area contributed by atoms with E-state index in [-0.39, 0.29) is 17.3 Å².